The fraction of sp³-hybridized carbons (Fsp3) is 0.0526. The Morgan fingerprint density at radius 3 is 2.25 bits per heavy atom. The van der Waals surface area contributed by atoms with E-state index in [1.165, 1.54) is 16.0 Å². The van der Waals surface area contributed by atoms with Crippen LogP contribution in [0.15, 0.2) is 66.7 Å². The third kappa shape index (κ3) is 2.99. The maximum absolute atomic E-state index is 3.23. The molecule has 0 saturated carbocycles. The molecule has 0 unspecified atom stereocenters. The molecule has 0 atom stereocenters. The Bertz CT molecular complexity index is 753. The minimum atomic E-state index is 1.05. The van der Waals surface area contributed by atoms with Crippen LogP contribution in [0.5, 0.6) is 0 Å². The van der Waals surface area contributed by atoms with Gasteiger partial charge in [0.05, 0.1) is 4.88 Å². The summed E-state index contributed by atoms with van der Waals surface area (Å²) in [5.74, 6) is 6.43. The standard InChI is InChI=1S/C19H14S/c1-15-7-10-17(11-8-15)19-14-13-18(20-19)12-9-16-5-3-2-4-6-16/h2-8,10-11,13-14H,1H3. The van der Waals surface area contributed by atoms with Crippen LogP contribution in [0.2, 0.25) is 0 Å². The number of aryl methyl sites for hydroxylation is 1. The summed E-state index contributed by atoms with van der Waals surface area (Å²) in [6.07, 6.45) is 0. The van der Waals surface area contributed by atoms with Gasteiger partial charge in [0.25, 0.3) is 0 Å². The average molecular weight is 274 g/mol. The SMILES string of the molecule is Cc1ccc(-c2ccc(C#Cc3ccccc3)s2)cc1. The first-order valence-electron chi connectivity index (χ1n) is 6.55. The van der Waals surface area contributed by atoms with Crippen molar-refractivity contribution in [3.63, 3.8) is 0 Å². The van der Waals surface area contributed by atoms with E-state index in [0.717, 1.165) is 10.4 Å². The van der Waals surface area contributed by atoms with Crippen molar-refractivity contribution < 1.29 is 0 Å². The molecule has 0 nitrogen and oxygen atoms in total. The first kappa shape index (κ1) is 12.7. The lowest BCUT2D eigenvalue weighted by Gasteiger charge is -1.97. The smallest absolute Gasteiger partial charge is 0.0778 e. The molecule has 0 bridgehead atoms. The molecule has 0 aliphatic rings. The van der Waals surface area contributed by atoms with Crippen molar-refractivity contribution in [2.75, 3.05) is 0 Å². The van der Waals surface area contributed by atoms with E-state index < -0.39 is 0 Å². The Balaban J connectivity index is 1.84. The highest BCUT2D eigenvalue weighted by Crippen LogP contribution is 2.27. The number of hydrogen-bond donors (Lipinski definition) is 0. The molecule has 0 fully saturated rings. The van der Waals surface area contributed by atoms with Gasteiger partial charge in [0.1, 0.15) is 0 Å². The molecular weight excluding hydrogens is 260 g/mol. The fourth-order valence-corrected chi connectivity index (χ4v) is 2.80. The summed E-state index contributed by atoms with van der Waals surface area (Å²) >= 11 is 1.74. The van der Waals surface area contributed by atoms with Crippen LogP contribution in [0, 0.1) is 18.8 Å². The van der Waals surface area contributed by atoms with E-state index in [0.29, 0.717) is 0 Å². The zero-order chi connectivity index (χ0) is 13.8. The van der Waals surface area contributed by atoms with Crippen molar-refractivity contribution in [2.24, 2.45) is 0 Å². The van der Waals surface area contributed by atoms with Crippen LogP contribution in [0.4, 0.5) is 0 Å². The second kappa shape index (κ2) is 5.77. The van der Waals surface area contributed by atoms with Crippen LogP contribution in [0.25, 0.3) is 10.4 Å². The van der Waals surface area contributed by atoms with E-state index >= 15 is 0 Å². The minimum Gasteiger partial charge on any atom is -0.127 e. The molecule has 0 aliphatic carbocycles. The summed E-state index contributed by atoms with van der Waals surface area (Å²) in [6, 6.07) is 22.9. The van der Waals surface area contributed by atoms with Crippen molar-refractivity contribution in [2.45, 2.75) is 6.92 Å². The van der Waals surface area contributed by atoms with Gasteiger partial charge in [-0.3, -0.25) is 0 Å². The molecule has 2 aromatic carbocycles. The van der Waals surface area contributed by atoms with E-state index in [9.17, 15) is 0 Å². The van der Waals surface area contributed by atoms with E-state index in [1.807, 2.05) is 30.3 Å². The first-order valence-corrected chi connectivity index (χ1v) is 7.37. The molecule has 0 N–H and O–H groups in total. The van der Waals surface area contributed by atoms with Gasteiger partial charge in [-0.1, -0.05) is 59.9 Å². The van der Waals surface area contributed by atoms with Crippen LogP contribution in [0.3, 0.4) is 0 Å². The van der Waals surface area contributed by atoms with Gasteiger partial charge in [-0.2, -0.15) is 0 Å². The lowest BCUT2D eigenvalue weighted by Crippen LogP contribution is -1.73. The lowest BCUT2D eigenvalue weighted by atomic mass is 10.1. The summed E-state index contributed by atoms with van der Waals surface area (Å²) in [5, 5.41) is 0. The van der Waals surface area contributed by atoms with Crippen LogP contribution in [0.1, 0.15) is 16.0 Å². The van der Waals surface area contributed by atoms with Gasteiger partial charge in [-0.15, -0.1) is 11.3 Å². The lowest BCUT2D eigenvalue weighted by molar-refractivity contribution is 1.48. The molecule has 0 saturated heterocycles. The molecule has 0 amide bonds. The molecule has 1 heterocycles. The Morgan fingerprint density at radius 1 is 0.750 bits per heavy atom. The van der Waals surface area contributed by atoms with Gasteiger partial charge in [0.2, 0.25) is 0 Å². The highest BCUT2D eigenvalue weighted by atomic mass is 32.1. The molecule has 0 spiro atoms. The van der Waals surface area contributed by atoms with Gasteiger partial charge >= 0.3 is 0 Å². The highest BCUT2D eigenvalue weighted by Gasteiger charge is 2.00. The maximum Gasteiger partial charge on any atom is 0.0778 e. The average Bonchev–Trinajstić information content (AvgIpc) is 2.96. The molecule has 1 heteroatoms. The molecule has 96 valence electrons. The minimum absolute atomic E-state index is 1.05. The second-order valence-electron chi connectivity index (χ2n) is 4.65. The molecule has 20 heavy (non-hydrogen) atoms. The monoisotopic (exact) mass is 274 g/mol. The largest absolute Gasteiger partial charge is 0.127 e. The molecule has 0 aliphatic heterocycles. The van der Waals surface area contributed by atoms with Crippen molar-refractivity contribution in [3.8, 4) is 22.3 Å². The summed E-state index contributed by atoms with van der Waals surface area (Å²) in [5.41, 5.74) is 3.60. The van der Waals surface area contributed by atoms with Crippen LogP contribution in [-0.4, -0.2) is 0 Å². The number of thiophene rings is 1. The third-order valence-electron chi connectivity index (χ3n) is 3.05. The van der Waals surface area contributed by atoms with E-state index in [4.69, 9.17) is 0 Å². The van der Waals surface area contributed by atoms with E-state index in [-0.39, 0.29) is 0 Å². The van der Waals surface area contributed by atoms with E-state index in [1.54, 1.807) is 11.3 Å². The Kier molecular flexibility index (Phi) is 3.67. The molecule has 3 aromatic rings. The molecular formula is C19H14S. The van der Waals surface area contributed by atoms with Gasteiger partial charge in [-0.05, 0) is 36.8 Å². The zero-order valence-corrected chi connectivity index (χ0v) is 12.1. The predicted molar refractivity (Wildman–Crippen MR) is 86.9 cm³/mol. The maximum atomic E-state index is 3.23. The number of benzene rings is 2. The van der Waals surface area contributed by atoms with Gasteiger partial charge < -0.3 is 0 Å². The van der Waals surface area contributed by atoms with Crippen molar-refractivity contribution in [3.05, 3.63) is 82.7 Å². The normalized spacial score (nSPS) is 9.85. The predicted octanol–water partition coefficient (Wildman–Crippen LogP) is 5.12. The highest BCUT2D eigenvalue weighted by molar-refractivity contribution is 7.16. The fourth-order valence-electron chi connectivity index (χ4n) is 1.93. The van der Waals surface area contributed by atoms with Crippen LogP contribution < -0.4 is 0 Å². The Hall–Kier alpha value is -2.30. The van der Waals surface area contributed by atoms with Crippen molar-refractivity contribution >= 4 is 11.3 Å². The Morgan fingerprint density at radius 2 is 1.50 bits per heavy atom. The summed E-state index contributed by atoms with van der Waals surface area (Å²) in [7, 11) is 0. The molecule has 0 radical (unpaired) electrons. The van der Waals surface area contributed by atoms with Crippen molar-refractivity contribution in [1.29, 1.82) is 0 Å². The third-order valence-corrected chi connectivity index (χ3v) is 4.10. The van der Waals surface area contributed by atoms with Crippen LogP contribution >= 0.6 is 11.3 Å². The second-order valence-corrected chi connectivity index (χ2v) is 5.73. The first-order chi connectivity index (χ1) is 9.81. The zero-order valence-electron chi connectivity index (χ0n) is 11.3. The van der Waals surface area contributed by atoms with Gasteiger partial charge in [-0.25, -0.2) is 0 Å². The van der Waals surface area contributed by atoms with Gasteiger partial charge in [0, 0.05) is 10.4 Å². The van der Waals surface area contributed by atoms with E-state index in [2.05, 4.69) is 55.2 Å². The quantitative estimate of drug-likeness (QED) is 0.540. The Labute approximate surface area is 123 Å². The summed E-state index contributed by atoms with van der Waals surface area (Å²) in [6.45, 7) is 2.11. The molecule has 3 rings (SSSR count). The number of rotatable bonds is 1. The number of hydrogen-bond acceptors (Lipinski definition) is 1. The van der Waals surface area contributed by atoms with Gasteiger partial charge in [0.15, 0.2) is 0 Å². The summed E-state index contributed by atoms with van der Waals surface area (Å²) < 4.78 is 0. The summed E-state index contributed by atoms with van der Waals surface area (Å²) in [4.78, 5) is 2.37. The van der Waals surface area contributed by atoms with Crippen LogP contribution in [-0.2, 0) is 0 Å². The topological polar surface area (TPSA) is 0 Å². The van der Waals surface area contributed by atoms with Crippen molar-refractivity contribution in [1.82, 2.24) is 0 Å². The molecule has 1 aromatic heterocycles.